The zero-order valence-corrected chi connectivity index (χ0v) is 38.8. The van der Waals surface area contributed by atoms with Gasteiger partial charge in [-0.25, -0.2) is 15.0 Å². The SMILES string of the molecule is COC[C@H]1O[C@@H](n2cnc3c(NCC(c4ccccc4)c4ccccc4)nc(CN(C)C4CCCCC4)nc32)[C@@H](O[Si](C)(C)C(C)(C)C)[C@@H]1O[Si](C)(C)C(C)(C)C. The van der Waals surface area contributed by atoms with Crippen LogP contribution >= 0.6 is 0 Å². The highest BCUT2D eigenvalue weighted by Crippen LogP contribution is 2.46. The molecule has 3 heterocycles. The van der Waals surface area contributed by atoms with E-state index >= 15 is 0 Å². The van der Waals surface area contributed by atoms with Gasteiger partial charge in [0.1, 0.15) is 24.1 Å². The summed E-state index contributed by atoms with van der Waals surface area (Å²) in [5.41, 5.74) is 3.93. The predicted octanol–water partition coefficient (Wildman–Crippen LogP) is 10.2. The van der Waals surface area contributed by atoms with Crippen LogP contribution in [-0.2, 0) is 24.9 Å². The molecule has 2 aromatic carbocycles. The standard InChI is InChI=1S/C45H70N6O4Si2/c1-44(2,3)56(9,10)54-39-36(30-52-8)53-43(40(39)55-57(11,12)45(4,5)6)51-31-47-38-41(48-37(49-42(38)51)29-50(7)34-26-20-15-21-27-34)46-28-35(32-22-16-13-17-23-32)33-24-18-14-19-25-33/h13-14,16-19,22-25,31,34-36,39-40,43H,15,20-21,26-30H2,1-12H3,(H,46,48,49)/t36-,39-,40+,43-/m1/s1. The first kappa shape index (κ1) is 43.6. The van der Waals surface area contributed by atoms with Crippen LogP contribution in [-0.4, -0.2) is 92.7 Å². The van der Waals surface area contributed by atoms with E-state index in [2.05, 4.69) is 150 Å². The zero-order valence-electron chi connectivity index (χ0n) is 36.8. The third-order valence-electron chi connectivity index (χ3n) is 13.3. The van der Waals surface area contributed by atoms with Gasteiger partial charge in [-0.2, -0.15) is 0 Å². The Hall–Kier alpha value is -2.98. The molecule has 10 nitrogen and oxygen atoms in total. The maximum absolute atomic E-state index is 7.42. The molecule has 1 aliphatic heterocycles. The smallest absolute Gasteiger partial charge is 0.192 e. The van der Waals surface area contributed by atoms with E-state index in [1.165, 1.54) is 43.2 Å². The number of aromatic nitrogens is 4. The Morgan fingerprint density at radius 2 is 1.39 bits per heavy atom. The molecule has 2 aromatic heterocycles. The van der Waals surface area contributed by atoms with Crippen molar-refractivity contribution in [3.63, 3.8) is 0 Å². The largest absolute Gasteiger partial charge is 0.408 e. The molecular weight excluding hydrogens is 745 g/mol. The van der Waals surface area contributed by atoms with Crippen molar-refractivity contribution in [1.29, 1.82) is 0 Å². The average molecular weight is 815 g/mol. The van der Waals surface area contributed by atoms with E-state index in [0.717, 1.165) is 17.3 Å². The van der Waals surface area contributed by atoms with Crippen molar-refractivity contribution in [3.8, 4) is 0 Å². The van der Waals surface area contributed by atoms with Crippen molar-refractivity contribution in [3.05, 3.63) is 83.9 Å². The van der Waals surface area contributed by atoms with Gasteiger partial charge in [0.2, 0.25) is 0 Å². The summed E-state index contributed by atoms with van der Waals surface area (Å²) in [7, 11) is -0.650. The van der Waals surface area contributed by atoms with Gasteiger partial charge >= 0.3 is 0 Å². The van der Waals surface area contributed by atoms with Crippen LogP contribution in [0.25, 0.3) is 11.2 Å². The number of hydrogen-bond acceptors (Lipinski definition) is 9. The molecule has 0 amide bonds. The second-order valence-electron chi connectivity index (χ2n) is 19.5. The molecule has 1 N–H and O–H groups in total. The van der Waals surface area contributed by atoms with Crippen molar-refractivity contribution >= 4 is 33.6 Å². The Morgan fingerprint density at radius 3 is 1.93 bits per heavy atom. The quantitative estimate of drug-likeness (QED) is 0.118. The Balaban J connectivity index is 1.45. The minimum absolute atomic E-state index is 0.00362. The number of methoxy groups -OCH3 is 1. The van der Waals surface area contributed by atoms with Gasteiger partial charge in [-0.1, -0.05) is 121 Å². The molecule has 4 atom stereocenters. The molecule has 12 heteroatoms. The maximum atomic E-state index is 7.42. The Morgan fingerprint density at radius 1 is 0.825 bits per heavy atom. The lowest BCUT2D eigenvalue weighted by Gasteiger charge is -2.44. The first-order chi connectivity index (χ1) is 26.9. The number of nitrogens with one attached hydrogen (secondary N) is 1. The maximum Gasteiger partial charge on any atom is 0.192 e. The fraction of sp³-hybridized carbons (Fsp3) is 0.622. The summed E-state index contributed by atoms with van der Waals surface area (Å²) < 4.78 is 29.7. The third-order valence-corrected chi connectivity index (χ3v) is 22.2. The summed E-state index contributed by atoms with van der Waals surface area (Å²) in [6, 6.07) is 21.9. The van der Waals surface area contributed by atoms with E-state index < -0.39 is 29.0 Å². The second kappa shape index (κ2) is 17.7. The molecule has 0 unspecified atom stereocenters. The summed E-state index contributed by atoms with van der Waals surface area (Å²) >= 11 is 0. The van der Waals surface area contributed by atoms with Gasteiger partial charge in [0, 0.05) is 25.6 Å². The van der Waals surface area contributed by atoms with Crippen LogP contribution < -0.4 is 5.32 Å². The second-order valence-corrected chi connectivity index (χ2v) is 29.0. The fourth-order valence-electron chi connectivity index (χ4n) is 7.75. The molecule has 0 spiro atoms. The summed E-state index contributed by atoms with van der Waals surface area (Å²) in [5, 5.41) is 3.76. The summed E-state index contributed by atoms with van der Waals surface area (Å²) in [5.74, 6) is 1.60. The van der Waals surface area contributed by atoms with E-state index in [9.17, 15) is 0 Å². The van der Waals surface area contributed by atoms with Crippen LogP contribution in [0.4, 0.5) is 5.82 Å². The van der Waals surface area contributed by atoms with Crippen molar-refractivity contribution in [2.24, 2.45) is 0 Å². The lowest BCUT2D eigenvalue weighted by Crippen LogP contribution is -2.54. The van der Waals surface area contributed by atoms with E-state index in [-0.39, 0.29) is 28.2 Å². The highest BCUT2D eigenvalue weighted by atomic mass is 28.4. The molecule has 0 radical (unpaired) electrons. The van der Waals surface area contributed by atoms with Gasteiger partial charge in [0.15, 0.2) is 39.8 Å². The lowest BCUT2D eigenvalue weighted by molar-refractivity contribution is -0.0562. The average Bonchev–Trinajstić information content (AvgIpc) is 3.72. The van der Waals surface area contributed by atoms with Crippen molar-refractivity contribution in [2.75, 3.05) is 32.6 Å². The fourth-order valence-corrected chi connectivity index (χ4v) is 10.3. The van der Waals surface area contributed by atoms with Gasteiger partial charge in [0.25, 0.3) is 0 Å². The van der Waals surface area contributed by atoms with Crippen molar-refractivity contribution < 1.29 is 18.3 Å². The molecule has 2 fully saturated rings. The molecule has 6 rings (SSSR count). The van der Waals surface area contributed by atoms with Crippen molar-refractivity contribution in [2.45, 2.75) is 153 Å². The molecular formula is C45H70N6O4Si2. The number of anilines is 1. The molecule has 57 heavy (non-hydrogen) atoms. The van der Waals surface area contributed by atoms with Gasteiger partial charge in [0.05, 0.1) is 19.5 Å². The molecule has 2 aliphatic rings. The monoisotopic (exact) mass is 814 g/mol. The molecule has 1 aliphatic carbocycles. The summed E-state index contributed by atoms with van der Waals surface area (Å²) in [6.45, 7) is 24.6. The number of ether oxygens (including phenoxy) is 2. The van der Waals surface area contributed by atoms with Crippen molar-refractivity contribution in [1.82, 2.24) is 24.4 Å². The molecule has 312 valence electrons. The number of rotatable bonds is 15. The number of hydrogen-bond donors (Lipinski definition) is 1. The highest BCUT2D eigenvalue weighted by molar-refractivity contribution is 6.74. The lowest BCUT2D eigenvalue weighted by atomic mass is 9.91. The van der Waals surface area contributed by atoms with Gasteiger partial charge < -0.3 is 23.6 Å². The molecule has 0 bridgehead atoms. The van der Waals surface area contributed by atoms with Crippen LogP contribution in [0.5, 0.6) is 0 Å². The van der Waals surface area contributed by atoms with Gasteiger partial charge in [-0.05, 0) is 67.3 Å². The van der Waals surface area contributed by atoms with Crippen LogP contribution in [0, 0.1) is 0 Å². The van der Waals surface area contributed by atoms with Crippen LogP contribution in [0.1, 0.15) is 103 Å². The summed E-state index contributed by atoms with van der Waals surface area (Å²) in [6.07, 6.45) is 6.52. The van der Waals surface area contributed by atoms with Gasteiger partial charge in [-0.3, -0.25) is 9.47 Å². The first-order valence-corrected chi connectivity index (χ1v) is 27.0. The van der Waals surface area contributed by atoms with Crippen LogP contribution in [0.3, 0.4) is 0 Å². The van der Waals surface area contributed by atoms with Crippen LogP contribution in [0.2, 0.25) is 36.3 Å². The number of imidazole rings is 1. The van der Waals surface area contributed by atoms with E-state index in [4.69, 9.17) is 33.3 Å². The van der Waals surface area contributed by atoms with E-state index in [1.54, 1.807) is 7.11 Å². The topological polar surface area (TPSA) is 95.8 Å². The third kappa shape index (κ3) is 9.91. The van der Waals surface area contributed by atoms with Gasteiger partial charge in [-0.15, -0.1) is 0 Å². The van der Waals surface area contributed by atoms with E-state index in [1.807, 2.05) is 6.33 Å². The Labute approximate surface area is 344 Å². The predicted molar refractivity (Wildman–Crippen MR) is 237 cm³/mol. The molecule has 1 saturated heterocycles. The Bertz CT molecular complexity index is 1850. The molecule has 1 saturated carbocycles. The highest BCUT2D eigenvalue weighted by Gasteiger charge is 2.54. The zero-order chi connectivity index (χ0) is 41.2. The Kier molecular flexibility index (Phi) is 13.5. The normalized spacial score (nSPS) is 21.6. The summed E-state index contributed by atoms with van der Waals surface area (Å²) in [4.78, 5) is 18.1. The van der Waals surface area contributed by atoms with E-state index in [0.29, 0.717) is 31.3 Å². The number of nitrogens with zero attached hydrogens (tertiary/aromatic N) is 5. The minimum Gasteiger partial charge on any atom is -0.408 e. The minimum atomic E-state index is -2.33. The number of fused-ring (bicyclic) bond motifs is 1. The first-order valence-electron chi connectivity index (χ1n) is 21.2. The number of benzene rings is 2. The van der Waals surface area contributed by atoms with Crippen LogP contribution in [0.15, 0.2) is 67.0 Å². The molecule has 4 aromatic rings.